The van der Waals surface area contributed by atoms with Crippen molar-refractivity contribution in [2.75, 3.05) is 6.54 Å². The molecule has 1 atom stereocenters. The maximum Gasteiger partial charge on any atom is 0.423 e. The lowest BCUT2D eigenvalue weighted by Crippen LogP contribution is -2.51. The fourth-order valence-corrected chi connectivity index (χ4v) is 2.12. The highest BCUT2D eigenvalue weighted by Gasteiger charge is 2.55. The molecule has 4 nitrogen and oxygen atoms in total. The predicted molar refractivity (Wildman–Crippen MR) is 75.1 cm³/mol. The molecule has 0 saturated heterocycles. The van der Waals surface area contributed by atoms with Crippen molar-refractivity contribution in [1.29, 1.82) is 0 Å². The molecule has 0 aliphatic carbocycles. The number of aliphatic hydroxyl groups is 1. The minimum atomic E-state index is -4.95. The Hall–Kier alpha value is -1.80. The van der Waals surface area contributed by atoms with E-state index < -0.39 is 24.2 Å². The second-order valence-electron chi connectivity index (χ2n) is 4.51. The summed E-state index contributed by atoms with van der Waals surface area (Å²) in [4.78, 5) is 11.8. The van der Waals surface area contributed by atoms with Gasteiger partial charge in [-0.3, -0.25) is 4.79 Å². The van der Waals surface area contributed by atoms with Crippen LogP contribution in [-0.2, 0) is 5.60 Å². The quantitative estimate of drug-likeness (QED) is 0.859. The first-order chi connectivity index (χ1) is 10.2. The molecule has 1 aromatic heterocycles. The van der Waals surface area contributed by atoms with Gasteiger partial charge in [0.15, 0.2) is 10.4 Å². The van der Waals surface area contributed by atoms with Crippen molar-refractivity contribution in [2.45, 2.75) is 11.8 Å². The Labute approximate surface area is 132 Å². The van der Waals surface area contributed by atoms with E-state index in [1.807, 2.05) is 5.32 Å². The summed E-state index contributed by atoms with van der Waals surface area (Å²) in [6.07, 6.45) is -4.95. The Morgan fingerprint density at radius 3 is 2.32 bits per heavy atom. The van der Waals surface area contributed by atoms with Crippen LogP contribution in [0.5, 0.6) is 0 Å². The minimum Gasteiger partial charge on any atom is -0.444 e. The Morgan fingerprint density at radius 1 is 1.18 bits per heavy atom. The van der Waals surface area contributed by atoms with Crippen LogP contribution in [-0.4, -0.2) is 23.7 Å². The third-order valence-electron chi connectivity index (χ3n) is 3.02. The lowest BCUT2D eigenvalue weighted by Gasteiger charge is -2.31. The smallest absolute Gasteiger partial charge is 0.423 e. The lowest BCUT2D eigenvalue weighted by atomic mass is 9.93. The number of furan rings is 1. The van der Waals surface area contributed by atoms with Gasteiger partial charge in [-0.15, -0.1) is 0 Å². The van der Waals surface area contributed by atoms with E-state index in [9.17, 15) is 23.1 Å². The van der Waals surface area contributed by atoms with Crippen LogP contribution in [0.2, 0.25) is 0 Å². The first-order valence-electron chi connectivity index (χ1n) is 6.12. The van der Waals surface area contributed by atoms with Crippen LogP contribution in [0.1, 0.15) is 16.1 Å². The molecule has 118 valence electrons. The number of halogens is 4. The standard InChI is InChI=1S/C14H11BrF3NO3/c15-11-7-6-10(22-11)12(20)19-8-13(21,14(16,17)18)9-4-2-1-3-5-9/h1-7,21H,8H2,(H,19,20)/t13-/m1/s1. The molecule has 1 amide bonds. The minimum absolute atomic E-state index is 0.163. The van der Waals surface area contributed by atoms with Crippen LogP contribution >= 0.6 is 15.9 Å². The monoisotopic (exact) mass is 377 g/mol. The largest absolute Gasteiger partial charge is 0.444 e. The summed E-state index contributed by atoms with van der Waals surface area (Å²) in [6.45, 7) is -1.03. The normalized spacial score (nSPS) is 14.4. The SMILES string of the molecule is O=C(NC[C@@](O)(c1ccccc1)C(F)(F)F)c1ccc(Br)o1. The molecule has 0 unspecified atom stereocenters. The van der Waals surface area contributed by atoms with Gasteiger partial charge in [-0.05, 0) is 33.6 Å². The number of rotatable bonds is 4. The Morgan fingerprint density at radius 2 is 1.82 bits per heavy atom. The summed E-state index contributed by atoms with van der Waals surface area (Å²) in [5.41, 5.74) is -3.54. The highest BCUT2D eigenvalue weighted by molar-refractivity contribution is 9.10. The van der Waals surface area contributed by atoms with E-state index in [2.05, 4.69) is 15.9 Å². The number of carbonyl (C=O) groups is 1. The maximum atomic E-state index is 13.2. The first-order valence-corrected chi connectivity index (χ1v) is 6.91. The molecular formula is C14H11BrF3NO3. The van der Waals surface area contributed by atoms with Crippen LogP contribution in [0.25, 0.3) is 0 Å². The number of hydrogen-bond donors (Lipinski definition) is 2. The predicted octanol–water partition coefficient (Wildman–Crippen LogP) is 3.22. The molecule has 2 N–H and O–H groups in total. The van der Waals surface area contributed by atoms with E-state index in [1.54, 1.807) is 0 Å². The van der Waals surface area contributed by atoms with Gasteiger partial charge < -0.3 is 14.8 Å². The lowest BCUT2D eigenvalue weighted by molar-refractivity contribution is -0.263. The van der Waals surface area contributed by atoms with Crippen molar-refractivity contribution in [1.82, 2.24) is 5.32 Å². The molecule has 1 heterocycles. The Bertz CT molecular complexity index is 657. The van der Waals surface area contributed by atoms with Crippen LogP contribution in [0.4, 0.5) is 13.2 Å². The summed E-state index contributed by atoms with van der Waals surface area (Å²) >= 11 is 2.98. The van der Waals surface area contributed by atoms with Gasteiger partial charge in [0.1, 0.15) is 0 Å². The fourth-order valence-electron chi connectivity index (χ4n) is 1.81. The zero-order valence-electron chi connectivity index (χ0n) is 11.0. The van der Waals surface area contributed by atoms with E-state index in [-0.39, 0.29) is 16.0 Å². The molecule has 0 saturated carbocycles. The van der Waals surface area contributed by atoms with Crippen molar-refractivity contribution in [3.8, 4) is 0 Å². The van der Waals surface area contributed by atoms with E-state index in [1.165, 1.54) is 30.3 Å². The average Bonchev–Trinajstić information content (AvgIpc) is 2.91. The molecule has 0 spiro atoms. The summed E-state index contributed by atoms with van der Waals surface area (Å²) in [6, 6.07) is 9.29. The highest BCUT2D eigenvalue weighted by atomic mass is 79.9. The van der Waals surface area contributed by atoms with Crippen LogP contribution in [0.3, 0.4) is 0 Å². The van der Waals surface area contributed by atoms with Gasteiger partial charge in [-0.1, -0.05) is 30.3 Å². The molecule has 0 fully saturated rings. The molecule has 8 heteroatoms. The summed E-state index contributed by atoms with van der Waals surface area (Å²) in [5, 5.41) is 12.1. The number of nitrogens with one attached hydrogen (secondary N) is 1. The van der Waals surface area contributed by atoms with E-state index >= 15 is 0 Å². The van der Waals surface area contributed by atoms with E-state index in [4.69, 9.17) is 4.42 Å². The van der Waals surface area contributed by atoms with Crippen molar-refractivity contribution < 1.29 is 27.5 Å². The Kier molecular flexibility index (Phi) is 4.62. The van der Waals surface area contributed by atoms with Gasteiger partial charge in [-0.2, -0.15) is 13.2 Å². The van der Waals surface area contributed by atoms with Crippen LogP contribution in [0, 0.1) is 0 Å². The molecule has 0 aliphatic rings. The van der Waals surface area contributed by atoms with E-state index in [0.717, 1.165) is 12.1 Å². The summed E-state index contributed by atoms with van der Waals surface area (Å²) < 4.78 is 44.9. The number of amides is 1. The zero-order chi connectivity index (χ0) is 16.4. The zero-order valence-corrected chi connectivity index (χ0v) is 12.6. The number of alkyl halides is 3. The van der Waals surface area contributed by atoms with Gasteiger partial charge in [0.2, 0.25) is 5.60 Å². The second-order valence-corrected chi connectivity index (χ2v) is 5.29. The molecule has 2 rings (SSSR count). The topological polar surface area (TPSA) is 62.5 Å². The summed E-state index contributed by atoms with van der Waals surface area (Å²) in [7, 11) is 0. The average molecular weight is 378 g/mol. The fraction of sp³-hybridized carbons (Fsp3) is 0.214. The third-order valence-corrected chi connectivity index (χ3v) is 3.45. The van der Waals surface area contributed by atoms with Crippen molar-refractivity contribution in [2.24, 2.45) is 0 Å². The van der Waals surface area contributed by atoms with Gasteiger partial charge in [0, 0.05) is 0 Å². The van der Waals surface area contributed by atoms with Gasteiger partial charge >= 0.3 is 6.18 Å². The molecule has 0 aliphatic heterocycles. The van der Waals surface area contributed by atoms with Gasteiger partial charge in [0.05, 0.1) is 6.54 Å². The van der Waals surface area contributed by atoms with Crippen molar-refractivity contribution >= 4 is 21.8 Å². The van der Waals surface area contributed by atoms with Gasteiger partial charge in [-0.25, -0.2) is 0 Å². The number of benzene rings is 1. The van der Waals surface area contributed by atoms with Crippen LogP contribution in [0.15, 0.2) is 51.6 Å². The second kappa shape index (κ2) is 6.13. The first kappa shape index (κ1) is 16.6. The third kappa shape index (κ3) is 3.33. The van der Waals surface area contributed by atoms with E-state index in [0.29, 0.717) is 0 Å². The molecule has 2 aromatic rings. The molecular weight excluding hydrogens is 367 g/mol. The molecule has 0 radical (unpaired) electrons. The van der Waals surface area contributed by atoms with Gasteiger partial charge in [0.25, 0.3) is 5.91 Å². The number of hydrogen-bond acceptors (Lipinski definition) is 3. The van der Waals surface area contributed by atoms with Crippen molar-refractivity contribution in [3.63, 3.8) is 0 Å². The molecule has 0 bridgehead atoms. The van der Waals surface area contributed by atoms with Crippen LogP contribution < -0.4 is 5.32 Å². The molecule has 22 heavy (non-hydrogen) atoms. The Balaban J connectivity index is 2.20. The number of carbonyl (C=O) groups excluding carboxylic acids is 1. The highest BCUT2D eigenvalue weighted by Crippen LogP contribution is 2.38. The summed E-state index contributed by atoms with van der Waals surface area (Å²) in [5.74, 6) is -1.02. The van der Waals surface area contributed by atoms with Crippen molar-refractivity contribution in [3.05, 3.63) is 58.5 Å². The molecule has 1 aromatic carbocycles. The maximum absolute atomic E-state index is 13.2.